The largest absolute Gasteiger partial charge is 0.495 e. The number of carbonyl (C=O) groups is 1. The van der Waals surface area contributed by atoms with E-state index in [2.05, 4.69) is 15.8 Å². The molecule has 0 fully saturated rings. The van der Waals surface area contributed by atoms with Gasteiger partial charge in [-0.2, -0.15) is 5.10 Å². The summed E-state index contributed by atoms with van der Waals surface area (Å²) in [6.07, 6.45) is 1.27. The van der Waals surface area contributed by atoms with E-state index >= 15 is 0 Å². The number of para-hydroxylation sites is 2. The molecule has 1 amide bonds. The van der Waals surface area contributed by atoms with E-state index in [1.165, 1.54) is 12.3 Å². The molecule has 0 aliphatic rings. The quantitative estimate of drug-likeness (QED) is 0.636. The summed E-state index contributed by atoms with van der Waals surface area (Å²) in [7, 11) is 1.56. The van der Waals surface area contributed by atoms with Gasteiger partial charge < -0.3 is 10.1 Å². The molecule has 0 heterocycles. The van der Waals surface area contributed by atoms with Crippen molar-refractivity contribution in [1.29, 1.82) is 0 Å². The molecule has 6 heteroatoms. The molecule has 0 saturated heterocycles. The SMILES string of the molecule is COc1ccccc1NC(C)C(=O)NN=Cc1ccccc1F. The highest BCUT2D eigenvalue weighted by molar-refractivity contribution is 5.86. The van der Waals surface area contributed by atoms with Crippen LogP contribution >= 0.6 is 0 Å². The number of hydrazone groups is 1. The van der Waals surface area contributed by atoms with Gasteiger partial charge in [0.05, 0.1) is 19.0 Å². The monoisotopic (exact) mass is 315 g/mol. The molecule has 0 saturated carbocycles. The predicted octanol–water partition coefficient (Wildman–Crippen LogP) is 2.79. The zero-order chi connectivity index (χ0) is 16.7. The highest BCUT2D eigenvalue weighted by Crippen LogP contribution is 2.23. The van der Waals surface area contributed by atoms with Crippen molar-refractivity contribution in [3.8, 4) is 5.75 Å². The summed E-state index contributed by atoms with van der Waals surface area (Å²) in [6.45, 7) is 1.69. The lowest BCUT2D eigenvalue weighted by molar-refractivity contribution is -0.121. The van der Waals surface area contributed by atoms with E-state index in [0.29, 0.717) is 17.0 Å². The topological polar surface area (TPSA) is 62.7 Å². The summed E-state index contributed by atoms with van der Waals surface area (Å²) in [4.78, 5) is 12.0. The average molecular weight is 315 g/mol. The maximum atomic E-state index is 13.4. The first-order valence-electron chi connectivity index (χ1n) is 7.09. The van der Waals surface area contributed by atoms with Gasteiger partial charge in [-0.3, -0.25) is 4.79 Å². The minimum Gasteiger partial charge on any atom is -0.495 e. The van der Waals surface area contributed by atoms with Crippen molar-refractivity contribution < 1.29 is 13.9 Å². The Balaban J connectivity index is 1.94. The van der Waals surface area contributed by atoms with Gasteiger partial charge in [-0.1, -0.05) is 30.3 Å². The third-order valence-electron chi connectivity index (χ3n) is 3.16. The first-order valence-corrected chi connectivity index (χ1v) is 7.09. The molecular formula is C17H18FN3O2. The lowest BCUT2D eigenvalue weighted by atomic mass is 10.2. The van der Waals surface area contributed by atoms with Crippen LogP contribution in [0.1, 0.15) is 12.5 Å². The number of nitrogens with zero attached hydrogens (tertiary/aromatic N) is 1. The van der Waals surface area contributed by atoms with E-state index in [1.807, 2.05) is 18.2 Å². The van der Waals surface area contributed by atoms with E-state index in [9.17, 15) is 9.18 Å². The minimum atomic E-state index is -0.538. The first-order chi connectivity index (χ1) is 11.1. The Bertz CT molecular complexity index is 704. The van der Waals surface area contributed by atoms with E-state index in [4.69, 9.17) is 4.74 Å². The Morgan fingerprint density at radius 1 is 1.22 bits per heavy atom. The second kappa shape index (κ2) is 7.93. The second-order valence-electron chi connectivity index (χ2n) is 4.82. The van der Waals surface area contributed by atoms with Crippen LogP contribution in [0.15, 0.2) is 53.6 Å². The predicted molar refractivity (Wildman–Crippen MR) is 88.2 cm³/mol. The van der Waals surface area contributed by atoms with Gasteiger partial charge in [0.2, 0.25) is 0 Å². The molecule has 2 rings (SSSR count). The molecule has 2 N–H and O–H groups in total. The number of methoxy groups -OCH3 is 1. The molecular weight excluding hydrogens is 297 g/mol. The van der Waals surface area contributed by atoms with Crippen molar-refractivity contribution in [2.45, 2.75) is 13.0 Å². The van der Waals surface area contributed by atoms with E-state index in [1.54, 1.807) is 38.3 Å². The summed E-state index contributed by atoms with van der Waals surface area (Å²) >= 11 is 0. The fourth-order valence-corrected chi connectivity index (χ4v) is 1.90. The molecule has 0 aliphatic heterocycles. The number of rotatable bonds is 6. The number of ether oxygens (including phenoxy) is 1. The molecule has 23 heavy (non-hydrogen) atoms. The zero-order valence-electron chi connectivity index (χ0n) is 12.9. The molecule has 0 aromatic heterocycles. The Morgan fingerprint density at radius 2 is 1.91 bits per heavy atom. The van der Waals surface area contributed by atoms with Gasteiger partial charge >= 0.3 is 0 Å². The fraction of sp³-hybridized carbons (Fsp3) is 0.176. The summed E-state index contributed by atoms with van der Waals surface area (Å²) < 4.78 is 18.6. The van der Waals surface area contributed by atoms with Gasteiger partial charge in [-0.25, -0.2) is 9.82 Å². The lowest BCUT2D eigenvalue weighted by Gasteiger charge is -2.15. The molecule has 0 bridgehead atoms. The van der Waals surface area contributed by atoms with Gasteiger partial charge in [0.1, 0.15) is 17.6 Å². The summed E-state index contributed by atoms with van der Waals surface area (Å²) in [6, 6.07) is 12.9. The first kappa shape index (κ1) is 16.5. The van der Waals surface area contributed by atoms with Gasteiger partial charge in [-0.15, -0.1) is 0 Å². The third-order valence-corrected chi connectivity index (χ3v) is 3.16. The molecule has 1 atom stereocenters. The Morgan fingerprint density at radius 3 is 2.65 bits per heavy atom. The van der Waals surface area contributed by atoms with Gasteiger partial charge in [0, 0.05) is 5.56 Å². The van der Waals surface area contributed by atoms with Crippen LogP contribution in [0, 0.1) is 5.82 Å². The van der Waals surface area contributed by atoms with E-state index in [0.717, 1.165) is 0 Å². The average Bonchev–Trinajstić information content (AvgIpc) is 2.57. The minimum absolute atomic E-state index is 0.304. The summed E-state index contributed by atoms with van der Waals surface area (Å²) in [5.74, 6) is -0.101. The van der Waals surface area contributed by atoms with Crippen LogP contribution in [0.5, 0.6) is 5.75 Å². The van der Waals surface area contributed by atoms with Crippen molar-refractivity contribution in [1.82, 2.24) is 5.43 Å². The number of amides is 1. The normalized spacial score (nSPS) is 12.0. The number of hydrogen-bond acceptors (Lipinski definition) is 4. The maximum absolute atomic E-state index is 13.4. The van der Waals surface area contributed by atoms with Crippen LogP contribution in [0.4, 0.5) is 10.1 Å². The van der Waals surface area contributed by atoms with Crippen LogP contribution < -0.4 is 15.5 Å². The van der Waals surface area contributed by atoms with Crippen molar-refractivity contribution >= 4 is 17.8 Å². The van der Waals surface area contributed by atoms with Crippen LogP contribution in [0.3, 0.4) is 0 Å². The molecule has 2 aromatic rings. The maximum Gasteiger partial charge on any atom is 0.262 e. The van der Waals surface area contributed by atoms with Gasteiger partial charge in [0.25, 0.3) is 5.91 Å². The number of nitrogens with one attached hydrogen (secondary N) is 2. The lowest BCUT2D eigenvalue weighted by Crippen LogP contribution is -2.35. The zero-order valence-corrected chi connectivity index (χ0v) is 12.9. The van der Waals surface area contributed by atoms with Gasteiger partial charge in [-0.05, 0) is 25.1 Å². The molecule has 120 valence electrons. The fourth-order valence-electron chi connectivity index (χ4n) is 1.90. The molecule has 0 spiro atoms. The number of anilines is 1. The van der Waals surface area contributed by atoms with E-state index in [-0.39, 0.29) is 5.91 Å². The number of hydrogen-bond donors (Lipinski definition) is 2. The Kier molecular flexibility index (Phi) is 5.68. The smallest absolute Gasteiger partial charge is 0.262 e. The summed E-state index contributed by atoms with van der Waals surface area (Å²) in [5, 5.41) is 6.81. The van der Waals surface area contributed by atoms with Crippen molar-refractivity contribution in [2.75, 3.05) is 12.4 Å². The number of halogens is 1. The molecule has 2 aromatic carbocycles. The molecule has 0 radical (unpaired) electrons. The standard InChI is InChI=1S/C17H18FN3O2/c1-12(20-15-9-5-6-10-16(15)23-2)17(22)21-19-11-13-7-3-4-8-14(13)18/h3-12,20H,1-2H3,(H,21,22). The second-order valence-corrected chi connectivity index (χ2v) is 4.82. The van der Waals surface area contributed by atoms with Crippen molar-refractivity contribution in [3.05, 3.63) is 59.9 Å². The number of benzene rings is 2. The highest BCUT2D eigenvalue weighted by atomic mass is 19.1. The highest BCUT2D eigenvalue weighted by Gasteiger charge is 2.13. The summed E-state index contributed by atoms with van der Waals surface area (Å²) in [5.41, 5.74) is 3.38. The van der Waals surface area contributed by atoms with Crippen LogP contribution in [-0.4, -0.2) is 25.3 Å². The van der Waals surface area contributed by atoms with Crippen LogP contribution in [0.2, 0.25) is 0 Å². The van der Waals surface area contributed by atoms with Crippen LogP contribution in [-0.2, 0) is 4.79 Å². The molecule has 5 nitrogen and oxygen atoms in total. The molecule has 0 aliphatic carbocycles. The third kappa shape index (κ3) is 4.54. The van der Waals surface area contributed by atoms with Crippen molar-refractivity contribution in [2.24, 2.45) is 5.10 Å². The van der Waals surface area contributed by atoms with E-state index < -0.39 is 11.9 Å². The van der Waals surface area contributed by atoms with Crippen molar-refractivity contribution in [3.63, 3.8) is 0 Å². The van der Waals surface area contributed by atoms with Crippen LogP contribution in [0.25, 0.3) is 0 Å². The molecule has 1 unspecified atom stereocenters. The Hall–Kier alpha value is -2.89. The number of carbonyl (C=O) groups excluding carboxylic acids is 1. The Labute approximate surface area is 134 Å². The van der Waals surface area contributed by atoms with Gasteiger partial charge in [0.15, 0.2) is 0 Å².